The molecule has 3 aromatic rings. The van der Waals surface area contributed by atoms with Gasteiger partial charge in [-0.1, -0.05) is 69.3 Å². The predicted octanol–water partition coefficient (Wildman–Crippen LogP) is 6.57. The SMILES string of the molecule is CC(C)CC(C)c1ccc(OCc2ccc3ccccc3c2)cc1. The smallest absolute Gasteiger partial charge is 0.119 e. The van der Waals surface area contributed by atoms with Crippen molar-refractivity contribution < 1.29 is 4.74 Å². The Bertz CT molecular complexity index is 786. The Kier molecular flexibility index (Phi) is 5.20. The zero-order chi connectivity index (χ0) is 16.9. The minimum Gasteiger partial charge on any atom is -0.489 e. The molecule has 1 nitrogen and oxygen atoms in total. The van der Waals surface area contributed by atoms with Crippen molar-refractivity contribution in [3.63, 3.8) is 0 Å². The molecule has 3 rings (SSSR count). The summed E-state index contributed by atoms with van der Waals surface area (Å²) in [5.74, 6) is 2.26. The molecule has 0 radical (unpaired) electrons. The maximum Gasteiger partial charge on any atom is 0.119 e. The van der Waals surface area contributed by atoms with E-state index < -0.39 is 0 Å². The van der Waals surface area contributed by atoms with Gasteiger partial charge in [-0.3, -0.25) is 0 Å². The molecular formula is C23H26O. The van der Waals surface area contributed by atoms with Crippen LogP contribution in [0.25, 0.3) is 10.8 Å². The highest BCUT2D eigenvalue weighted by molar-refractivity contribution is 5.82. The van der Waals surface area contributed by atoms with Gasteiger partial charge in [0.25, 0.3) is 0 Å². The van der Waals surface area contributed by atoms with Crippen molar-refractivity contribution in [1.82, 2.24) is 0 Å². The Morgan fingerprint density at radius 3 is 2.21 bits per heavy atom. The average molecular weight is 318 g/mol. The zero-order valence-corrected chi connectivity index (χ0v) is 14.8. The van der Waals surface area contributed by atoms with Crippen molar-refractivity contribution in [1.29, 1.82) is 0 Å². The van der Waals surface area contributed by atoms with Gasteiger partial charge in [0, 0.05) is 0 Å². The van der Waals surface area contributed by atoms with Crippen LogP contribution in [0.1, 0.15) is 44.2 Å². The average Bonchev–Trinajstić information content (AvgIpc) is 2.59. The second kappa shape index (κ2) is 7.53. The van der Waals surface area contributed by atoms with E-state index in [1.165, 1.54) is 28.3 Å². The Morgan fingerprint density at radius 1 is 0.792 bits per heavy atom. The van der Waals surface area contributed by atoms with Gasteiger partial charge in [-0.15, -0.1) is 0 Å². The third kappa shape index (κ3) is 4.17. The molecule has 1 atom stereocenters. The molecular weight excluding hydrogens is 292 g/mol. The fraction of sp³-hybridized carbons (Fsp3) is 0.304. The minimum absolute atomic E-state index is 0.597. The van der Waals surface area contributed by atoms with E-state index in [4.69, 9.17) is 4.74 Å². The van der Waals surface area contributed by atoms with E-state index >= 15 is 0 Å². The van der Waals surface area contributed by atoms with Gasteiger partial charge in [0.1, 0.15) is 12.4 Å². The van der Waals surface area contributed by atoms with Crippen molar-refractivity contribution in [3.05, 3.63) is 77.9 Å². The number of fused-ring (bicyclic) bond motifs is 1. The Morgan fingerprint density at radius 2 is 1.50 bits per heavy atom. The summed E-state index contributed by atoms with van der Waals surface area (Å²) in [4.78, 5) is 0. The Labute approximate surface area is 145 Å². The summed E-state index contributed by atoms with van der Waals surface area (Å²) >= 11 is 0. The number of hydrogen-bond donors (Lipinski definition) is 0. The van der Waals surface area contributed by atoms with Gasteiger partial charge in [0.05, 0.1) is 0 Å². The Balaban J connectivity index is 1.63. The van der Waals surface area contributed by atoms with E-state index in [0.29, 0.717) is 12.5 Å². The first-order valence-electron chi connectivity index (χ1n) is 8.82. The summed E-state index contributed by atoms with van der Waals surface area (Å²) < 4.78 is 5.96. The van der Waals surface area contributed by atoms with Crippen molar-refractivity contribution in [2.45, 2.75) is 39.7 Å². The molecule has 0 N–H and O–H groups in total. The standard InChI is InChI=1S/C23H26O/c1-17(2)14-18(3)20-10-12-23(13-11-20)24-16-19-8-9-21-6-4-5-7-22(21)15-19/h4-13,15,17-18H,14,16H2,1-3H3. The van der Waals surface area contributed by atoms with E-state index in [-0.39, 0.29) is 0 Å². The molecule has 0 heterocycles. The van der Waals surface area contributed by atoms with Crippen molar-refractivity contribution in [2.24, 2.45) is 5.92 Å². The van der Waals surface area contributed by atoms with E-state index in [0.717, 1.165) is 11.7 Å². The quantitative estimate of drug-likeness (QED) is 0.499. The summed E-state index contributed by atoms with van der Waals surface area (Å²) in [6.45, 7) is 7.45. The maximum atomic E-state index is 5.96. The second-order valence-corrected chi connectivity index (χ2v) is 7.07. The summed E-state index contributed by atoms with van der Waals surface area (Å²) in [5.41, 5.74) is 2.59. The molecule has 0 aliphatic rings. The van der Waals surface area contributed by atoms with Gasteiger partial charge >= 0.3 is 0 Å². The maximum absolute atomic E-state index is 5.96. The fourth-order valence-electron chi connectivity index (χ4n) is 3.23. The first-order valence-corrected chi connectivity index (χ1v) is 8.82. The van der Waals surface area contributed by atoms with Crippen LogP contribution in [-0.2, 0) is 6.61 Å². The molecule has 1 unspecified atom stereocenters. The summed E-state index contributed by atoms with van der Waals surface area (Å²) in [5, 5.41) is 2.53. The fourth-order valence-corrected chi connectivity index (χ4v) is 3.23. The van der Waals surface area contributed by atoms with Gasteiger partial charge in [-0.05, 0) is 58.4 Å². The van der Waals surface area contributed by atoms with Crippen LogP contribution < -0.4 is 4.74 Å². The molecule has 0 saturated carbocycles. The van der Waals surface area contributed by atoms with E-state index in [2.05, 4.69) is 87.5 Å². The van der Waals surface area contributed by atoms with Crippen LogP contribution in [0.15, 0.2) is 66.7 Å². The lowest BCUT2D eigenvalue weighted by Gasteiger charge is -2.15. The molecule has 0 bridgehead atoms. The molecule has 24 heavy (non-hydrogen) atoms. The van der Waals surface area contributed by atoms with Crippen LogP contribution >= 0.6 is 0 Å². The molecule has 0 aromatic heterocycles. The van der Waals surface area contributed by atoms with Crippen molar-refractivity contribution in [2.75, 3.05) is 0 Å². The van der Waals surface area contributed by atoms with Gasteiger partial charge in [0.2, 0.25) is 0 Å². The molecule has 0 saturated heterocycles. The summed E-state index contributed by atoms with van der Waals surface area (Å²) in [6, 6.07) is 23.5. The van der Waals surface area contributed by atoms with Gasteiger partial charge in [0.15, 0.2) is 0 Å². The molecule has 3 aromatic carbocycles. The number of rotatable bonds is 6. The molecule has 0 amide bonds. The number of ether oxygens (including phenoxy) is 1. The molecule has 1 heteroatoms. The molecule has 0 spiro atoms. The lowest BCUT2D eigenvalue weighted by molar-refractivity contribution is 0.306. The second-order valence-electron chi connectivity index (χ2n) is 7.07. The highest BCUT2D eigenvalue weighted by Gasteiger charge is 2.08. The van der Waals surface area contributed by atoms with Crippen LogP contribution in [0.4, 0.5) is 0 Å². The summed E-state index contributed by atoms with van der Waals surface area (Å²) in [7, 11) is 0. The lowest BCUT2D eigenvalue weighted by atomic mass is 9.92. The van der Waals surface area contributed by atoms with E-state index in [1.54, 1.807) is 0 Å². The van der Waals surface area contributed by atoms with Crippen molar-refractivity contribution in [3.8, 4) is 5.75 Å². The summed E-state index contributed by atoms with van der Waals surface area (Å²) in [6.07, 6.45) is 1.22. The highest BCUT2D eigenvalue weighted by Crippen LogP contribution is 2.25. The topological polar surface area (TPSA) is 9.23 Å². The van der Waals surface area contributed by atoms with E-state index in [1.807, 2.05) is 0 Å². The Hall–Kier alpha value is -2.28. The number of hydrogen-bond acceptors (Lipinski definition) is 1. The third-order valence-corrected chi connectivity index (χ3v) is 4.49. The first kappa shape index (κ1) is 16.6. The molecule has 0 aliphatic carbocycles. The predicted molar refractivity (Wildman–Crippen MR) is 103 cm³/mol. The van der Waals surface area contributed by atoms with Gasteiger partial charge in [-0.2, -0.15) is 0 Å². The first-order chi connectivity index (χ1) is 11.6. The largest absolute Gasteiger partial charge is 0.489 e. The van der Waals surface area contributed by atoms with Crippen LogP contribution in [0, 0.1) is 5.92 Å². The molecule has 0 fully saturated rings. The third-order valence-electron chi connectivity index (χ3n) is 4.49. The molecule has 124 valence electrons. The monoisotopic (exact) mass is 318 g/mol. The van der Waals surface area contributed by atoms with Crippen LogP contribution in [0.2, 0.25) is 0 Å². The van der Waals surface area contributed by atoms with Crippen LogP contribution in [0.5, 0.6) is 5.75 Å². The minimum atomic E-state index is 0.597. The van der Waals surface area contributed by atoms with E-state index in [9.17, 15) is 0 Å². The lowest BCUT2D eigenvalue weighted by Crippen LogP contribution is -1.99. The molecule has 0 aliphatic heterocycles. The van der Waals surface area contributed by atoms with Gasteiger partial charge in [-0.25, -0.2) is 0 Å². The normalized spacial score (nSPS) is 12.5. The number of benzene rings is 3. The zero-order valence-electron chi connectivity index (χ0n) is 14.8. The highest BCUT2D eigenvalue weighted by atomic mass is 16.5. The van der Waals surface area contributed by atoms with Crippen LogP contribution in [-0.4, -0.2) is 0 Å². The van der Waals surface area contributed by atoms with Crippen molar-refractivity contribution >= 4 is 10.8 Å². The van der Waals surface area contributed by atoms with Crippen LogP contribution in [0.3, 0.4) is 0 Å². The van der Waals surface area contributed by atoms with Gasteiger partial charge < -0.3 is 4.74 Å².